The van der Waals surface area contributed by atoms with Gasteiger partial charge in [0.05, 0.1) is 5.56 Å². The average Bonchev–Trinajstić information content (AvgIpc) is 2.89. The van der Waals surface area contributed by atoms with Crippen LogP contribution in [0.5, 0.6) is 0 Å². The van der Waals surface area contributed by atoms with Crippen molar-refractivity contribution in [2.75, 3.05) is 5.32 Å². The molecule has 6 heteroatoms. The maximum absolute atomic E-state index is 12.2. The summed E-state index contributed by atoms with van der Waals surface area (Å²) in [7, 11) is 0. The molecule has 0 saturated heterocycles. The van der Waals surface area contributed by atoms with Crippen molar-refractivity contribution in [1.29, 1.82) is 0 Å². The SMILES string of the molecule is O=C(Nc1ccc2[nH]ccc2c1)c1cc(Br)cnc1Cl. The first-order valence-corrected chi connectivity index (χ1v) is 7.00. The Hall–Kier alpha value is -1.85. The average molecular weight is 351 g/mol. The van der Waals surface area contributed by atoms with Crippen LogP contribution in [0.3, 0.4) is 0 Å². The summed E-state index contributed by atoms with van der Waals surface area (Å²) in [6.45, 7) is 0. The van der Waals surface area contributed by atoms with Gasteiger partial charge in [0.2, 0.25) is 0 Å². The van der Waals surface area contributed by atoms with Gasteiger partial charge in [0.25, 0.3) is 5.91 Å². The summed E-state index contributed by atoms with van der Waals surface area (Å²) in [6, 6.07) is 9.21. The van der Waals surface area contributed by atoms with Crippen LogP contribution < -0.4 is 5.32 Å². The monoisotopic (exact) mass is 349 g/mol. The Morgan fingerprint density at radius 2 is 2.15 bits per heavy atom. The molecule has 2 N–H and O–H groups in total. The molecule has 0 fully saturated rings. The number of pyridine rings is 1. The highest BCUT2D eigenvalue weighted by molar-refractivity contribution is 9.10. The number of benzene rings is 1. The van der Waals surface area contributed by atoms with Crippen molar-refractivity contribution in [2.45, 2.75) is 0 Å². The number of nitrogens with one attached hydrogen (secondary N) is 2. The molecule has 20 heavy (non-hydrogen) atoms. The number of carbonyl (C=O) groups is 1. The van der Waals surface area contributed by atoms with Gasteiger partial charge in [-0.15, -0.1) is 0 Å². The summed E-state index contributed by atoms with van der Waals surface area (Å²) in [4.78, 5) is 19.2. The summed E-state index contributed by atoms with van der Waals surface area (Å²) < 4.78 is 0.702. The number of aromatic amines is 1. The van der Waals surface area contributed by atoms with Crippen molar-refractivity contribution in [3.05, 3.63) is 57.9 Å². The van der Waals surface area contributed by atoms with Gasteiger partial charge < -0.3 is 10.3 Å². The number of halogens is 2. The minimum absolute atomic E-state index is 0.174. The second kappa shape index (κ2) is 5.26. The Kier molecular flexibility index (Phi) is 3.46. The van der Waals surface area contributed by atoms with Gasteiger partial charge in [-0.05, 0) is 46.3 Å². The maximum Gasteiger partial charge on any atom is 0.258 e. The van der Waals surface area contributed by atoms with Crippen LogP contribution in [-0.2, 0) is 0 Å². The quantitative estimate of drug-likeness (QED) is 0.679. The van der Waals surface area contributed by atoms with Gasteiger partial charge in [-0.2, -0.15) is 0 Å². The summed E-state index contributed by atoms with van der Waals surface area (Å²) >= 11 is 9.21. The Morgan fingerprint density at radius 1 is 1.30 bits per heavy atom. The van der Waals surface area contributed by atoms with Gasteiger partial charge in [-0.3, -0.25) is 4.79 Å². The van der Waals surface area contributed by atoms with Gasteiger partial charge in [0.15, 0.2) is 0 Å². The Bertz CT molecular complexity index is 800. The van der Waals surface area contributed by atoms with E-state index in [0.29, 0.717) is 15.7 Å². The lowest BCUT2D eigenvalue weighted by Gasteiger charge is -2.07. The molecule has 4 nitrogen and oxygen atoms in total. The summed E-state index contributed by atoms with van der Waals surface area (Å²) in [6.07, 6.45) is 3.40. The van der Waals surface area contributed by atoms with E-state index in [9.17, 15) is 4.79 Å². The molecule has 0 saturated carbocycles. The summed E-state index contributed by atoms with van der Waals surface area (Å²) in [5.74, 6) is -0.293. The van der Waals surface area contributed by atoms with Gasteiger partial charge >= 0.3 is 0 Å². The molecule has 2 aromatic heterocycles. The lowest BCUT2D eigenvalue weighted by molar-refractivity contribution is 0.102. The molecular weight excluding hydrogens is 342 g/mol. The van der Waals surface area contributed by atoms with Crippen molar-refractivity contribution in [2.24, 2.45) is 0 Å². The highest BCUT2D eigenvalue weighted by Crippen LogP contribution is 2.21. The Morgan fingerprint density at radius 3 is 3.00 bits per heavy atom. The van der Waals surface area contributed by atoms with E-state index in [4.69, 9.17) is 11.6 Å². The number of amides is 1. The van der Waals surface area contributed by atoms with E-state index < -0.39 is 0 Å². The van der Waals surface area contributed by atoms with Crippen molar-refractivity contribution in [3.8, 4) is 0 Å². The molecule has 0 aliphatic carbocycles. The number of hydrogen-bond acceptors (Lipinski definition) is 2. The molecular formula is C14H9BrClN3O. The number of fused-ring (bicyclic) bond motifs is 1. The molecule has 0 radical (unpaired) electrons. The molecule has 1 amide bonds. The molecule has 0 unspecified atom stereocenters. The standard InChI is InChI=1S/C14H9BrClN3O/c15-9-6-11(13(16)18-7-9)14(20)19-10-1-2-12-8(5-10)3-4-17-12/h1-7,17H,(H,19,20). The van der Waals surface area contributed by atoms with Crippen molar-refractivity contribution < 1.29 is 4.79 Å². The lowest BCUT2D eigenvalue weighted by Crippen LogP contribution is -2.13. The molecule has 0 spiro atoms. The normalized spacial score (nSPS) is 10.7. The van der Waals surface area contributed by atoms with Crippen LogP contribution in [0.15, 0.2) is 47.2 Å². The van der Waals surface area contributed by atoms with E-state index in [1.165, 1.54) is 0 Å². The van der Waals surface area contributed by atoms with Crippen LogP contribution in [0.2, 0.25) is 5.15 Å². The molecule has 100 valence electrons. The Balaban J connectivity index is 1.89. The van der Waals surface area contributed by atoms with Crippen LogP contribution in [0, 0.1) is 0 Å². The fourth-order valence-electron chi connectivity index (χ4n) is 1.91. The van der Waals surface area contributed by atoms with Crippen molar-refractivity contribution in [1.82, 2.24) is 9.97 Å². The topological polar surface area (TPSA) is 57.8 Å². The third-order valence-electron chi connectivity index (χ3n) is 2.86. The van der Waals surface area contributed by atoms with Gasteiger partial charge in [-0.25, -0.2) is 4.98 Å². The second-order valence-corrected chi connectivity index (χ2v) is 5.50. The molecule has 0 aliphatic heterocycles. The van der Waals surface area contributed by atoms with Crippen molar-refractivity contribution in [3.63, 3.8) is 0 Å². The van der Waals surface area contributed by atoms with E-state index in [1.54, 1.807) is 12.3 Å². The smallest absolute Gasteiger partial charge is 0.258 e. The van der Waals surface area contributed by atoms with Gasteiger partial charge in [-0.1, -0.05) is 11.6 Å². The highest BCUT2D eigenvalue weighted by atomic mass is 79.9. The number of aromatic nitrogens is 2. The maximum atomic E-state index is 12.2. The predicted octanol–water partition coefficient (Wildman–Crippen LogP) is 4.23. The molecule has 3 rings (SSSR count). The van der Waals surface area contributed by atoms with E-state index in [-0.39, 0.29) is 11.1 Å². The molecule has 2 heterocycles. The second-order valence-electron chi connectivity index (χ2n) is 4.23. The number of hydrogen-bond donors (Lipinski definition) is 2. The first-order chi connectivity index (χ1) is 9.63. The van der Waals surface area contributed by atoms with E-state index in [1.807, 2.05) is 30.5 Å². The molecule has 1 aromatic carbocycles. The number of rotatable bonds is 2. The summed E-state index contributed by atoms with van der Waals surface area (Å²) in [5, 5.41) is 4.01. The minimum Gasteiger partial charge on any atom is -0.361 e. The van der Waals surface area contributed by atoms with Gasteiger partial charge in [0.1, 0.15) is 5.15 Å². The largest absolute Gasteiger partial charge is 0.361 e. The molecule has 0 bridgehead atoms. The van der Waals surface area contributed by atoms with E-state index >= 15 is 0 Å². The van der Waals surface area contributed by atoms with Crippen LogP contribution in [0.4, 0.5) is 5.69 Å². The fourth-order valence-corrected chi connectivity index (χ4v) is 2.43. The first kappa shape index (κ1) is 13.1. The number of nitrogens with zero attached hydrogens (tertiary/aromatic N) is 1. The third-order valence-corrected chi connectivity index (χ3v) is 3.60. The van der Waals surface area contributed by atoms with E-state index in [0.717, 1.165) is 10.9 Å². The summed E-state index contributed by atoms with van der Waals surface area (Å²) in [5.41, 5.74) is 2.05. The first-order valence-electron chi connectivity index (χ1n) is 5.83. The third kappa shape index (κ3) is 2.55. The minimum atomic E-state index is -0.293. The number of anilines is 1. The van der Waals surface area contributed by atoms with Crippen molar-refractivity contribution >= 4 is 50.0 Å². The van der Waals surface area contributed by atoms with E-state index in [2.05, 4.69) is 31.2 Å². The molecule has 0 aliphatic rings. The van der Waals surface area contributed by atoms with Crippen LogP contribution in [-0.4, -0.2) is 15.9 Å². The zero-order chi connectivity index (χ0) is 14.1. The fraction of sp³-hybridized carbons (Fsp3) is 0. The Labute approximate surface area is 128 Å². The zero-order valence-electron chi connectivity index (χ0n) is 10.2. The lowest BCUT2D eigenvalue weighted by atomic mass is 10.2. The van der Waals surface area contributed by atoms with Gasteiger partial charge in [0, 0.05) is 33.5 Å². The number of carbonyl (C=O) groups excluding carboxylic acids is 1. The van der Waals surface area contributed by atoms with Crippen LogP contribution in [0.1, 0.15) is 10.4 Å². The molecule has 3 aromatic rings. The number of H-pyrrole nitrogens is 1. The highest BCUT2D eigenvalue weighted by Gasteiger charge is 2.12. The van der Waals surface area contributed by atoms with Crippen LogP contribution >= 0.6 is 27.5 Å². The zero-order valence-corrected chi connectivity index (χ0v) is 12.5. The molecule has 0 atom stereocenters. The predicted molar refractivity (Wildman–Crippen MR) is 83.2 cm³/mol. The van der Waals surface area contributed by atoms with Crippen LogP contribution in [0.25, 0.3) is 10.9 Å².